The van der Waals surface area contributed by atoms with E-state index in [1.54, 1.807) is 0 Å². The molecule has 1 aliphatic rings. The lowest BCUT2D eigenvalue weighted by Gasteiger charge is -2.14. The number of para-hydroxylation sites is 1. The summed E-state index contributed by atoms with van der Waals surface area (Å²) >= 11 is 3.51. The molecule has 0 saturated carbocycles. The molecule has 1 N–H and O–H groups in total. The molecular formula is C12H16BrNO. The molecule has 0 aromatic heterocycles. The largest absolute Gasteiger partial charge is 0.382 e. The highest BCUT2D eigenvalue weighted by Gasteiger charge is 2.21. The molecule has 0 bridgehead atoms. The smallest absolute Gasteiger partial charge is 0.0751 e. The van der Waals surface area contributed by atoms with E-state index in [9.17, 15) is 0 Å². The zero-order valence-electron chi connectivity index (χ0n) is 8.87. The Morgan fingerprint density at radius 2 is 2.20 bits per heavy atom. The molecule has 0 radical (unpaired) electrons. The van der Waals surface area contributed by atoms with Crippen LogP contribution in [-0.4, -0.2) is 18.8 Å². The van der Waals surface area contributed by atoms with Gasteiger partial charge in [0.05, 0.1) is 12.2 Å². The molecule has 0 aliphatic carbocycles. The van der Waals surface area contributed by atoms with Crippen molar-refractivity contribution < 1.29 is 4.74 Å². The van der Waals surface area contributed by atoms with Crippen molar-refractivity contribution in [3.05, 3.63) is 28.7 Å². The second-order valence-electron chi connectivity index (χ2n) is 4.01. The van der Waals surface area contributed by atoms with E-state index in [2.05, 4.69) is 34.2 Å². The Labute approximate surface area is 99.1 Å². The minimum atomic E-state index is 0.368. The highest BCUT2D eigenvalue weighted by atomic mass is 79.9. The molecule has 15 heavy (non-hydrogen) atoms. The summed E-state index contributed by atoms with van der Waals surface area (Å²) in [7, 11) is 0. The summed E-state index contributed by atoms with van der Waals surface area (Å²) < 4.78 is 6.85. The molecule has 0 spiro atoms. The Morgan fingerprint density at radius 1 is 1.40 bits per heavy atom. The van der Waals surface area contributed by atoms with Gasteiger partial charge in [0.15, 0.2) is 0 Å². The average Bonchev–Trinajstić information content (AvgIpc) is 2.63. The predicted molar refractivity (Wildman–Crippen MR) is 66.2 cm³/mol. The van der Waals surface area contributed by atoms with Crippen LogP contribution in [0.4, 0.5) is 5.69 Å². The van der Waals surface area contributed by atoms with Crippen molar-refractivity contribution in [3.8, 4) is 0 Å². The first kappa shape index (κ1) is 11.0. The fraction of sp³-hybridized carbons (Fsp3) is 0.500. The van der Waals surface area contributed by atoms with Crippen LogP contribution in [0.25, 0.3) is 0 Å². The third-order valence-corrected chi connectivity index (χ3v) is 3.41. The first-order chi connectivity index (χ1) is 7.25. The Hall–Kier alpha value is -0.540. The monoisotopic (exact) mass is 269 g/mol. The second kappa shape index (κ2) is 4.99. The van der Waals surface area contributed by atoms with Crippen LogP contribution in [0.5, 0.6) is 0 Å². The predicted octanol–water partition coefficient (Wildman–Crippen LogP) is 3.43. The lowest BCUT2D eigenvalue weighted by molar-refractivity contribution is 0.0637. The van der Waals surface area contributed by atoms with Gasteiger partial charge in [0.25, 0.3) is 0 Å². The van der Waals surface area contributed by atoms with E-state index in [0.29, 0.717) is 12.2 Å². The van der Waals surface area contributed by atoms with E-state index in [-0.39, 0.29) is 0 Å². The Bertz CT molecular complexity index is 329. The van der Waals surface area contributed by atoms with Gasteiger partial charge >= 0.3 is 0 Å². The van der Waals surface area contributed by atoms with Crippen molar-refractivity contribution in [1.82, 2.24) is 0 Å². The molecule has 0 amide bonds. The summed E-state index contributed by atoms with van der Waals surface area (Å²) in [5.41, 5.74) is 1.14. The van der Waals surface area contributed by atoms with Crippen LogP contribution < -0.4 is 5.32 Å². The van der Waals surface area contributed by atoms with Crippen molar-refractivity contribution in [3.63, 3.8) is 0 Å². The van der Waals surface area contributed by atoms with Crippen molar-refractivity contribution in [1.29, 1.82) is 0 Å². The van der Waals surface area contributed by atoms with Gasteiger partial charge in [-0.1, -0.05) is 12.1 Å². The van der Waals surface area contributed by atoms with Crippen LogP contribution in [-0.2, 0) is 4.74 Å². The van der Waals surface area contributed by atoms with Crippen molar-refractivity contribution in [2.75, 3.05) is 11.9 Å². The Balaban J connectivity index is 1.86. The van der Waals surface area contributed by atoms with Crippen molar-refractivity contribution in [2.24, 2.45) is 0 Å². The van der Waals surface area contributed by atoms with E-state index in [4.69, 9.17) is 4.74 Å². The maximum Gasteiger partial charge on any atom is 0.0751 e. The van der Waals surface area contributed by atoms with Gasteiger partial charge in [0.1, 0.15) is 0 Å². The second-order valence-corrected chi connectivity index (χ2v) is 4.86. The number of nitrogens with one attached hydrogen (secondary N) is 1. The van der Waals surface area contributed by atoms with E-state index >= 15 is 0 Å². The van der Waals surface area contributed by atoms with Crippen molar-refractivity contribution >= 4 is 21.6 Å². The van der Waals surface area contributed by atoms with Crippen LogP contribution in [0.2, 0.25) is 0 Å². The minimum absolute atomic E-state index is 0.368. The number of hydrogen-bond donors (Lipinski definition) is 1. The molecule has 1 aliphatic heterocycles. The van der Waals surface area contributed by atoms with Gasteiger partial charge in [-0.05, 0) is 47.8 Å². The highest BCUT2D eigenvalue weighted by Crippen LogP contribution is 2.23. The summed E-state index contributed by atoms with van der Waals surface area (Å²) in [6.07, 6.45) is 3.14. The number of hydrogen-bond acceptors (Lipinski definition) is 2. The standard InChI is InChI=1S/C12H16BrNO/c1-9-6-7-10(15-9)8-14-12-5-3-2-4-11(12)13/h2-5,9-10,14H,6-8H2,1H3. The first-order valence-corrected chi connectivity index (χ1v) is 6.19. The van der Waals surface area contributed by atoms with Crippen LogP contribution in [0.3, 0.4) is 0 Å². The van der Waals surface area contributed by atoms with Crippen LogP contribution in [0.1, 0.15) is 19.8 Å². The molecule has 2 nitrogen and oxygen atoms in total. The highest BCUT2D eigenvalue weighted by molar-refractivity contribution is 9.10. The summed E-state index contributed by atoms with van der Waals surface area (Å²) in [4.78, 5) is 0. The third kappa shape index (κ3) is 2.95. The SMILES string of the molecule is CC1CCC(CNc2ccccc2Br)O1. The van der Waals surface area contributed by atoms with Gasteiger partial charge in [-0.15, -0.1) is 0 Å². The molecule has 1 saturated heterocycles. The van der Waals surface area contributed by atoms with Crippen LogP contribution in [0, 0.1) is 0 Å². The summed E-state index contributed by atoms with van der Waals surface area (Å²) in [5.74, 6) is 0. The summed E-state index contributed by atoms with van der Waals surface area (Å²) in [5, 5.41) is 3.40. The Morgan fingerprint density at radius 3 is 2.87 bits per heavy atom. The van der Waals surface area contributed by atoms with Crippen LogP contribution in [0.15, 0.2) is 28.7 Å². The fourth-order valence-corrected chi connectivity index (χ4v) is 2.29. The van der Waals surface area contributed by atoms with E-state index < -0.39 is 0 Å². The van der Waals surface area contributed by atoms with E-state index in [1.807, 2.05) is 18.2 Å². The van der Waals surface area contributed by atoms with E-state index in [1.165, 1.54) is 12.8 Å². The Kier molecular flexibility index (Phi) is 3.65. The van der Waals surface area contributed by atoms with Gasteiger partial charge in [-0.3, -0.25) is 0 Å². The normalized spacial score (nSPS) is 25.5. The topological polar surface area (TPSA) is 21.3 Å². The quantitative estimate of drug-likeness (QED) is 0.908. The molecule has 2 unspecified atom stereocenters. The number of halogens is 1. The molecule has 1 aromatic carbocycles. The van der Waals surface area contributed by atoms with Crippen molar-refractivity contribution in [2.45, 2.75) is 32.0 Å². The zero-order chi connectivity index (χ0) is 10.7. The van der Waals surface area contributed by atoms with Crippen LogP contribution >= 0.6 is 15.9 Å². The molecule has 2 atom stereocenters. The number of anilines is 1. The summed E-state index contributed by atoms with van der Waals surface area (Å²) in [6.45, 7) is 3.03. The molecule has 1 heterocycles. The zero-order valence-corrected chi connectivity index (χ0v) is 10.5. The molecule has 1 aromatic rings. The third-order valence-electron chi connectivity index (χ3n) is 2.71. The number of rotatable bonds is 3. The fourth-order valence-electron chi connectivity index (χ4n) is 1.86. The maximum atomic E-state index is 5.75. The van der Waals surface area contributed by atoms with Gasteiger partial charge in [-0.25, -0.2) is 0 Å². The average molecular weight is 270 g/mol. The number of ether oxygens (including phenoxy) is 1. The molecular weight excluding hydrogens is 254 g/mol. The first-order valence-electron chi connectivity index (χ1n) is 5.39. The van der Waals surface area contributed by atoms with Gasteiger partial charge in [0, 0.05) is 16.7 Å². The lowest BCUT2D eigenvalue weighted by atomic mass is 10.2. The molecule has 3 heteroatoms. The van der Waals surface area contributed by atoms with Gasteiger partial charge in [0.2, 0.25) is 0 Å². The minimum Gasteiger partial charge on any atom is -0.382 e. The summed E-state index contributed by atoms with van der Waals surface area (Å²) in [6, 6.07) is 8.16. The van der Waals surface area contributed by atoms with Gasteiger partial charge < -0.3 is 10.1 Å². The number of benzene rings is 1. The molecule has 82 valence electrons. The van der Waals surface area contributed by atoms with Gasteiger partial charge in [-0.2, -0.15) is 0 Å². The van der Waals surface area contributed by atoms with E-state index in [0.717, 1.165) is 16.7 Å². The lowest BCUT2D eigenvalue weighted by Crippen LogP contribution is -2.19. The maximum absolute atomic E-state index is 5.75. The molecule has 2 rings (SSSR count). The molecule has 1 fully saturated rings.